The van der Waals surface area contributed by atoms with E-state index in [0.717, 1.165) is 25.2 Å². The fourth-order valence-corrected chi connectivity index (χ4v) is 2.72. The highest BCUT2D eigenvalue weighted by Gasteiger charge is 2.28. The first-order valence-electron chi connectivity index (χ1n) is 7.29. The lowest BCUT2D eigenvalue weighted by atomic mass is 10.1. The van der Waals surface area contributed by atoms with Crippen molar-refractivity contribution in [2.75, 3.05) is 19.6 Å². The van der Waals surface area contributed by atoms with Gasteiger partial charge in [0.15, 0.2) is 0 Å². The molecule has 0 N–H and O–H groups in total. The van der Waals surface area contributed by atoms with Crippen LogP contribution in [0.5, 0.6) is 0 Å². The van der Waals surface area contributed by atoms with Gasteiger partial charge in [0.1, 0.15) is 6.61 Å². The van der Waals surface area contributed by atoms with Crippen LogP contribution in [0.1, 0.15) is 26.3 Å². The molecule has 1 aromatic carbocycles. The highest BCUT2D eigenvalue weighted by molar-refractivity contribution is 5.67. The zero-order chi connectivity index (χ0) is 14.5. The Bertz CT molecular complexity index is 433. The van der Waals surface area contributed by atoms with Crippen LogP contribution in [-0.4, -0.2) is 47.6 Å². The maximum atomic E-state index is 12.1. The standard InChI is InChI=1S/C16H24N2O2/c1-13(2)18-10-9-17(11-14(18)3)16(19)20-12-15-7-5-4-6-8-15/h4-8,13-14H,9-12H2,1-3H3/t14-/m0/s1. The van der Waals surface area contributed by atoms with Crippen molar-refractivity contribution in [3.05, 3.63) is 35.9 Å². The predicted octanol–water partition coefficient (Wildman–Crippen LogP) is 2.74. The van der Waals surface area contributed by atoms with E-state index in [0.29, 0.717) is 18.7 Å². The number of amides is 1. The van der Waals surface area contributed by atoms with Gasteiger partial charge in [-0.15, -0.1) is 0 Å². The van der Waals surface area contributed by atoms with Crippen molar-refractivity contribution in [3.63, 3.8) is 0 Å². The van der Waals surface area contributed by atoms with E-state index in [4.69, 9.17) is 4.74 Å². The van der Waals surface area contributed by atoms with Gasteiger partial charge in [0, 0.05) is 31.7 Å². The minimum atomic E-state index is -0.205. The number of carbonyl (C=O) groups is 1. The molecule has 1 aliphatic heterocycles. The molecule has 1 aromatic rings. The van der Waals surface area contributed by atoms with E-state index in [1.54, 1.807) is 0 Å². The van der Waals surface area contributed by atoms with Gasteiger partial charge in [-0.1, -0.05) is 30.3 Å². The minimum Gasteiger partial charge on any atom is -0.445 e. The van der Waals surface area contributed by atoms with Crippen molar-refractivity contribution in [1.82, 2.24) is 9.80 Å². The molecule has 0 aliphatic carbocycles. The predicted molar refractivity (Wildman–Crippen MR) is 79.5 cm³/mol. The Morgan fingerprint density at radius 2 is 2.00 bits per heavy atom. The molecule has 4 heteroatoms. The number of benzene rings is 1. The lowest BCUT2D eigenvalue weighted by Gasteiger charge is -2.41. The molecule has 0 unspecified atom stereocenters. The Morgan fingerprint density at radius 3 is 2.60 bits per heavy atom. The molecule has 1 heterocycles. The maximum absolute atomic E-state index is 12.1. The summed E-state index contributed by atoms with van der Waals surface area (Å²) < 4.78 is 5.38. The summed E-state index contributed by atoms with van der Waals surface area (Å²) in [6.07, 6.45) is -0.205. The summed E-state index contributed by atoms with van der Waals surface area (Å²) in [6.45, 7) is 9.30. The van der Waals surface area contributed by atoms with Gasteiger partial charge in [-0.05, 0) is 26.3 Å². The van der Waals surface area contributed by atoms with E-state index in [-0.39, 0.29) is 6.09 Å². The van der Waals surface area contributed by atoms with E-state index in [9.17, 15) is 4.79 Å². The number of hydrogen-bond donors (Lipinski definition) is 0. The van der Waals surface area contributed by atoms with E-state index in [1.165, 1.54) is 0 Å². The molecule has 110 valence electrons. The third-order valence-electron chi connectivity index (χ3n) is 3.81. The van der Waals surface area contributed by atoms with E-state index < -0.39 is 0 Å². The molecular weight excluding hydrogens is 252 g/mol. The van der Waals surface area contributed by atoms with Crippen molar-refractivity contribution in [1.29, 1.82) is 0 Å². The summed E-state index contributed by atoms with van der Waals surface area (Å²) in [5, 5.41) is 0. The van der Waals surface area contributed by atoms with Crippen LogP contribution < -0.4 is 0 Å². The molecule has 1 aliphatic rings. The van der Waals surface area contributed by atoms with Gasteiger partial charge in [0.25, 0.3) is 0 Å². The smallest absolute Gasteiger partial charge is 0.410 e. The van der Waals surface area contributed by atoms with Crippen LogP contribution in [0.3, 0.4) is 0 Å². The fourth-order valence-electron chi connectivity index (χ4n) is 2.72. The van der Waals surface area contributed by atoms with Gasteiger partial charge in [-0.25, -0.2) is 4.79 Å². The number of ether oxygens (including phenoxy) is 1. The van der Waals surface area contributed by atoms with Crippen LogP contribution >= 0.6 is 0 Å². The van der Waals surface area contributed by atoms with E-state index in [1.807, 2.05) is 35.2 Å². The largest absolute Gasteiger partial charge is 0.445 e. The molecule has 20 heavy (non-hydrogen) atoms. The summed E-state index contributed by atoms with van der Waals surface area (Å²) in [5.41, 5.74) is 1.02. The van der Waals surface area contributed by atoms with Gasteiger partial charge >= 0.3 is 6.09 Å². The van der Waals surface area contributed by atoms with Crippen LogP contribution in [0.25, 0.3) is 0 Å². The molecule has 0 aromatic heterocycles. The number of rotatable bonds is 3. The van der Waals surface area contributed by atoms with Crippen LogP contribution in [0.2, 0.25) is 0 Å². The minimum absolute atomic E-state index is 0.205. The van der Waals surface area contributed by atoms with Gasteiger partial charge in [-0.2, -0.15) is 0 Å². The number of piperazine rings is 1. The second-order valence-electron chi connectivity index (χ2n) is 5.67. The normalized spacial score (nSPS) is 20.2. The molecule has 0 saturated carbocycles. The summed E-state index contributed by atoms with van der Waals surface area (Å²) in [4.78, 5) is 16.3. The third kappa shape index (κ3) is 3.73. The van der Waals surface area contributed by atoms with Gasteiger partial charge in [0.2, 0.25) is 0 Å². The monoisotopic (exact) mass is 276 g/mol. The fraction of sp³-hybridized carbons (Fsp3) is 0.562. The summed E-state index contributed by atoms with van der Waals surface area (Å²) in [7, 11) is 0. The van der Waals surface area contributed by atoms with Crippen molar-refractivity contribution in [2.45, 2.75) is 39.5 Å². The molecule has 1 saturated heterocycles. The summed E-state index contributed by atoms with van der Waals surface area (Å²) >= 11 is 0. The molecule has 0 radical (unpaired) electrons. The molecule has 0 bridgehead atoms. The highest BCUT2D eigenvalue weighted by Crippen LogP contribution is 2.14. The Kier molecular flexibility index (Phi) is 5.01. The first-order valence-corrected chi connectivity index (χ1v) is 7.29. The van der Waals surface area contributed by atoms with E-state index in [2.05, 4.69) is 25.7 Å². The zero-order valence-corrected chi connectivity index (χ0v) is 12.6. The van der Waals surface area contributed by atoms with Crippen LogP contribution in [0, 0.1) is 0 Å². The van der Waals surface area contributed by atoms with Gasteiger partial charge in [-0.3, -0.25) is 4.90 Å². The summed E-state index contributed by atoms with van der Waals surface area (Å²) in [6, 6.07) is 10.7. The molecule has 1 atom stereocenters. The topological polar surface area (TPSA) is 32.8 Å². The Hall–Kier alpha value is -1.55. The average molecular weight is 276 g/mol. The second-order valence-corrected chi connectivity index (χ2v) is 5.67. The number of nitrogens with zero attached hydrogens (tertiary/aromatic N) is 2. The molecule has 0 spiro atoms. The Morgan fingerprint density at radius 1 is 1.30 bits per heavy atom. The second kappa shape index (κ2) is 6.75. The Labute approximate surface area is 121 Å². The van der Waals surface area contributed by atoms with Crippen LogP contribution in [0.15, 0.2) is 30.3 Å². The molecular formula is C16H24N2O2. The highest BCUT2D eigenvalue weighted by atomic mass is 16.6. The lowest BCUT2D eigenvalue weighted by Crippen LogP contribution is -2.55. The quantitative estimate of drug-likeness (QED) is 0.851. The van der Waals surface area contributed by atoms with Gasteiger partial charge in [0.05, 0.1) is 0 Å². The molecule has 4 nitrogen and oxygen atoms in total. The third-order valence-corrected chi connectivity index (χ3v) is 3.81. The van der Waals surface area contributed by atoms with Crippen molar-refractivity contribution in [2.24, 2.45) is 0 Å². The van der Waals surface area contributed by atoms with Crippen LogP contribution in [-0.2, 0) is 11.3 Å². The molecule has 1 amide bonds. The summed E-state index contributed by atoms with van der Waals surface area (Å²) in [5.74, 6) is 0. The first kappa shape index (κ1) is 14.9. The van der Waals surface area contributed by atoms with Crippen molar-refractivity contribution in [3.8, 4) is 0 Å². The number of carbonyl (C=O) groups excluding carboxylic acids is 1. The molecule has 1 fully saturated rings. The maximum Gasteiger partial charge on any atom is 0.410 e. The first-order chi connectivity index (χ1) is 9.58. The van der Waals surface area contributed by atoms with Crippen molar-refractivity contribution < 1.29 is 9.53 Å². The zero-order valence-electron chi connectivity index (χ0n) is 12.6. The molecule has 2 rings (SSSR count). The number of hydrogen-bond acceptors (Lipinski definition) is 3. The lowest BCUT2D eigenvalue weighted by molar-refractivity contribution is 0.0397. The van der Waals surface area contributed by atoms with Crippen molar-refractivity contribution >= 4 is 6.09 Å². The van der Waals surface area contributed by atoms with Gasteiger partial charge < -0.3 is 9.64 Å². The van der Waals surface area contributed by atoms with Crippen LogP contribution in [0.4, 0.5) is 4.79 Å². The average Bonchev–Trinajstić information content (AvgIpc) is 2.45. The van der Waals surface area contributed by atoms with E-state index >= 15 is 0 Å². The Balaban J connectivity index is 1.82. The SMILES string of the molecule is CC(C)N1CCN(C(=O)OCc2ccccc2)C[C@@H]1C.